The van der Waals surface area contributed by atoms with Crippen LogP contribution in [0.4, 0.5) is 0 Å². The van der Waals surface area contributed by atoms with Gasteiger partial charge in [0.2, 0.25) is 5.78 Å². The second-order valence-electron chi connectivity index (χ2n) is 5.24. The van der Waals surface area contributed by atoms with Crippen molar-refractivity contribution in [2.75, 3.05) is 7.11 Å². The highest BCUT2D eigenvalue weighted by molar-refractivity contribution is 6.31. The molecule has 112 valence electrons. The number of carbonyl (C=O) groups is 2. The van der Waals surface area contributed by atoms with Crippen LogP contribution in [0.15, 0.2) is 18.2 Å². The van der Waals surface area contributed by atoms with E-state index in [9.17, 15) is 19.8 Å². The lowest BCUT2D eigenvalue weighted by Crippen LogP contribution is -2.23. The van der Waals surface area contributed by atoms with Crippen molar-refractivity contribution >= 4 is 11.6 Å². The molecule has 1 aliphatic rings. The van der Waals surface area contributed by atoms with Gasteiger partial charge in [-0.15, -0.1) is 0 Å². The fourth-order valence-electron chi connectivity index (χ4n) is 2.88. The number of carbonyl (C=O) groups excluding carboxylic acids is 2. The Labute approximate surface area is 126 Å². The Morgan fingerprint density at radius 3 is 2.23 bits per heavy atom. The van der Waals surface area contributed by atoms with Gasteiger partial charge in [0.05, 0.1) is 23.8 Å². The van der Waals surface area contributed by atoms with Crippen molar-refractivity contribution in [2.24, 2.45) is 0 Å². The summed E-state index contributed by atoms with van der Waals surface area (Å²) in [6, 6.07) is 4.29. The third-order valence-electron chi connectivity index (χ3n) is 4.14. The van der Waals surface area contributed by atoms with Crippen molar-refractivity contribution in [3.63, 3.8) is 0 Å². The number of fused-ring (bicyclic) bond motifs is 2. The number of methoxy groups -OCH3 is 1. The molecule has 0 aliphatic heterocycles. The summed E-state index contributed by atoms with van der Waals surface area (Å²) in [7, 11) is 1.40. The third-order valence-corrected chi connectivity index (χ3v) is 4.14. The Hall–Kier alpha value is -2.82. The second kappa shape index (κ2) is 4.59. The van der Waals surface area contributed by atoms with Crippen LogP contribution >= 0.6 is 0 Å². The average molecular weight is 298 g/mol. The molecule has 0 spiro atoms. The van der Waals surface area contributed by atoms with E-state index < -0.39 is 11.6 Å². The van der Waals surface area contributed by atoms with E-state index in [4.69, 9.17) is 4.74 Å². The smallest absolute Gasteiger partial charge is 0.202 e. The Balaban J connectivity index is 2.48. The number of rotatable bonds is 1. The minimum absolute atomic E-state index is 0.00194. The van der Waals surface area contributed by atoms with Crippen LogP contribution in [0, 0.1) is 13.8 Å². The number of ketones is 2. The number of hydrogen-bond acceptors (Lipinski definition) is 5. The second-order valence-corrected chi connectivity index (χ2v) is 5.24. The summed E-state index contributed by atoms with van der Waals surface area (Å²) in [6.45, 7) is 3.36. The van der Waals surface area contributed by atoms with Crippen molar-refractivity contribution in [1.29, 1.82) is 0 Å². The Morgan fingerprint density at radius 2 is 1.59 bits per heavy atom. The van der Waals surface area contributed by atoms with Crippen molar-refractivity contribution in [1.82, 2.24) is 0 Å². The van der Waals surface area contributed by atoms with E-state index in [1.807, 2.05) is 0 Å². The summed E-state index contributed by atoms with van der Waals surface area (Å²) in [4.78, 5) is 25.4. The van der Waals surface area contributed by atoms with Crippen LogP contribution in [0.25, 0.3) is 0 Å². The molecule has 1 aliphatic carbocycles. The summed E-state index contributed by atoms with van der Waals surface area (Å²) in [6.07, 6.45) is 0. The van der Waals surface area contributed by atoms with Gasteiger partial charge in [0.25, 0.3) is 0 Å². The minimum Gasteiger partial charge on any atom is -0.507 e. The first kappa shape index (κ1) is 14.1. The first-order valence-corrected chi connectivity index (χ1v) is 6.71. The first-order valence-electron chi connectivity index (χ1n) is 6.71. The molecular formula is C17H14O5. The first-order chi connectivity index (χ1) is 10.4. The monoisotopic (exact) mass is 298 g/mol. The molecule has 2 aromatic rings. The largest absolute Gasteiger partial charge is 0.507 e. The summed E-state index contributed by atoms with van der Waals surface area (Å²) in [5.41, 5.74) is 1.03. The Bertz CT molecular complexity index is 849. The molecular weight excluding hydrogens is 284 g/mol. The van der Waals surface area contributed by atoms with E-state index >= 15 is 0 Å². The molecule has 5 heteroatoms. The maximum Gasteiger partial charge on any atom is 0.202 e. The predicted octanol–water partition coefficient (Wildman–Crippen LogP) is 2.50. The average Bonchev–Trinajstić information content (AvgIpc) is 2.50. The zero-order valence-electron chi connectivity index (χ0n) is 12.4. The Kier molecular flexibility index (Phi) is 2.95. The van der Waals surface area contributed by atoms with Crippen molar-refractivity contribution in [3.8, 4) is 17.2 Å². The fourth-order valence-corrected chi connectivity index (χ4v) is 2.88. The third kappa shape index (κ3) is 1.59. The molecule has 0 heterocycles. The van der Waals surface area contributed by atoms with E-state index in [1.54, 1.807) is 13.8 Å². The normalized spacial score (nSPS) is 12.9. The lowest BCUT2D eigenvalue weighted by molar-refractivity contribution is 0.0971. The molecule has 0 amide bonds. The molecule has 3 rings (SSSR count). The standard InChI is InChI=1S/C17H14O5/c1-7-8(2)17(22-3)13-12(14(7)19)15(20)9-5-4-6-10(18)11(9)16(13)21/h4-6,18-19H,1-3H3. The lowest BCUT2D eigenvalue weighted by atomic mass is 9.80. The van der Waals surface area contributed by atoms with Crippen molar-refractivity contribution < 1.29 is 24.5 Å². The van der Waals surface area contributed by atoms with Gasteiger partial charge in [-0.05, 0) is 31.0 Å². The van der Waals surface area contributed by atoms with Crippen LogP contribution in [0.1, 0.15) is 43.0 Å². The van der Waals surface area contributed by atoms with E-state index in [0.29, 0.717) is 11.1 Å². The number of phenols is 2. The number of phenolic OH excluding ortho intramolecular Hbond substituents is 2. The van der Waals surface area contributed by atoms with Crippen LogP contribution in [-0.4, -0.2) is 28.9 Å². The minimum atomic E-state index is -0.530. The number of hydrogen-bond donors (Lipinski definition) is 2. The summed E-state index contributed by atoms with van der Waals surface area (Å²) in [5.74, 6) is -1.27. The maximum absolute atomic E-state index is 12.8. The predicted molar refractivity (Wildman–Crippen MR) is 79.1 cm³/mol. The molecule has 5 nitrogen and oxygen atoms in total. The van der Waals surface area contributed by atoms with Gasteiger partial charge < -0.3 is 14.9 Å². The highest BCUT2D eigenvalue weighted by atomic mass is 16.5. The van der Waals surface area contributed by atoms with Gasteiger partial charge in [0.1, 0.15) is 17.2 Å². The van der Waals surface area contributed by atoms with Crippen LogP contribution in [-0.2, 0) is 0 Å². The highest BCUT2D eigenvalue weighted by Gasteiger charge is 2.38. The number of ether oxygens (including phenoxy) is 1. The Morgan fingerprint density at radius 1 is 0.909 bits per heavy atom. The number of benzene rings is 2. The maximum atomic E-state index is 12.8. The van der Waals surface area contributed by atoms with Gasteiger partial charge in [-0.1, -0.05) is 12.1 Å². The molecule has 0 atom stereocenters. The van der Waals surface area contributed by atoms with E-state index in [-0.39, 0.29) is 39.5 Å². The SMILES string of the molecule is COc1c(C)c(C)c(O)c2c1C(=O)c1c(O)cccc1C2=O. The molecule has 22 heavy (non-hydrogen) atoms. The lowest BCUT2D eigenvalue weighted by Gasteiger charge is -2.23. The van der Waals surface area contributed by atoms with Gasteiger partial charge in [0.15, 0.2) is 5.78 Å². The van der Waals surface area contributed by atoms with Crippen LogP contribution < -0.4 is 4.74 Å². The van der Waals surface area contributed by atoms with E-state index in [0.717, 1.165) is 0 Å². The summed E-state index contributed by atoms with van der Waals surface area (Å²) in [5, 5.41) is 20.3. The van der Waals surface area contributed by atoms with Gasteiger partial charge in [-0.25, -0.2) is 0 Å². The fraction of sp³-hybridized carbons (Fsp3) is 0.176. The molecule has 2 aromatic carbocycles. The van der Waals surface area contributed by atoms with Gasteiger partial charge >= 0.3 is 0 Å². The van der Waals surface area contributed by atoms with E-state index in [2.05, 4.69) is 0 Å². The number of aromatic hydroxyl groups is 2. The summed E-state index contributed by atoms with van der Waals surface area (Å²) >= 11 is 0. The molecule has 0 saturated carbocycles. The quantitative estimate of drug-likeness (QED) is 0.721. The van der Waals surface area contributed by atoms with E-state index in [1.165, 1.54) is 25.3 Å². The zero-order chi connectivity index (χ0) is 16.2. The van der Waals surface area contributed by atoms with Gasteiger partial charge in [0, 0.05) is 5.56 Å². The van der Waals surface area contributed by atoms with Crippen LogP contribution in [0.2, 0.25) is 0 Å². The molecule has 0 unspecified atom stereocenters. The van der Waals surface area contributed by atoms with Gasteiger partial charge in [-0.3, -0.25) is 9.59 Å². The van der Waals surface area contributed by atoms with Crippen LogP contribution in [0.3, 0.4) is 0 Å². The molecule has 0 fully saturated rings. The zero-order valence-corrected chi connectivity index (χ0v) is 12.4. The van der Waals surface area contributed by atoms with Gasteiger partial charge in [-0.2, -0.15) is 0 Å². The molecule has 2 N–H and O–H groups in total. The molecule has 0 radical (unpaired) electrons. The van der Waals surface area contributed by atoms with Crippen LogP contribution in [0.5, 0.6) is 17.2 Å². The summed E-state index contributed by atoms with van der Waals surface area (Å²) < 4.78 is 5.29. The van der Waals surface area contributed by atoms with Crippen molar-refractivity contribution in [2.45, 2.75) is 13.8 Å². The molecule has 0 bridgehead atoms. The topological polar surface area (TPSA) is 83.8 Å². The molecule has 0 saturated heterocycles. The van der Waals surface area contributed by atoms with Crippen molar-refractivity contribution in [3.05, 3.63) is 51.6 Å². The highest BCUT2D eigenvalue weighted by Crippen LogP contribution is 2.44. The molecule has 0 aromatic heterocycles.